The number of nitrogen functional groups attached to an aromatic ring is 1. The molecule has 0 aromatic carbocycles. The first-order valence-electron chi connectivity index (χ1n) is 5.40. The minimum Gasteiger partial charge on any atom is -0.396 e. The van der Waals surface area contributed by atoms with Crippen LogP contribution in [0, 0.1) is 0 Å². The monoisotopic (exact) mass is 217 g/mol. The molecule has 0 saturated heterocycles. The Morgan fingerprint density at radius 2 is 1.88 bits per heavy atom. The molecule has 0 radical (unpaired) electrons. The van der Waals surface area contributed by atoms with Crippen LogP contribution in [0.2, 0.25) is 0 Å². The highest BCUT2D eigenvalue weighted by molar-refractivity contribution is 5.33. The van der Waals surface area contributed by atoms with E-state index in [2.05, 4.69) is 35.0 Å². The van der Waals surface area contributed by atoms with Gasteiger partial charge in [-0.15, -0.1) is 0 Å². The van der Waals surface area contributed by atoms with Crippen molar-refractivity contribution in [2.45, 2.75) is 26.7 Å². The van der Waals surface area contributed by atoms with Gasteiger partial charge in [-0.3, -0.25) is 0 Å². The molecule has 0 amide bonds. The third kappa shape index (κ3) is 1.88. The van der Waals surface area contributed by atoms with Crippen LogP contribution < -0.4 is 5.73 Å². The third-order valence-electron chi connectivity index (χ3n) is 2.41. The maximum Gasteiger partial charge on any atom is 0.250 e. The van der Waals surface area contributed by atoms with Crippen LogP contribution in [-0.2, 0) is 12.8 Å². The van der Waals surface area contributed by atoms with Crippen molar-refractivity contribution in [2.24, 2.45) is 0 Å². The first kappa shape index (κ1) is 10.6. The van der Waals surface area contributed by atoms with Crippen molar-refractivity contribution in [1.29, 1.82) is 0 Å². The van der Waals surface area contributed by atoms with Gasteiger partial charge < -0.3 is 5.73 Å². The van der Waals surface area contributed by atoms with Crippen LogP contribution in [0.5, 0.6) is 0 Å². The van der Waals surface area contributed by atoms with Crippen LogP contribution in [0.3, 0.4) is 0 Å². The number of aromatic nitrogens is 4. The molecule has 84 valence electrons. The summed E-state index contributed by atoms with van der Waals surface area (Å²) in [5.74, 6) is 0.575. The minimum absolute atomic E-state index is 0.560. The molecule has 2 N–H and O–H groups in total. The number of nitrogens with zero attached hydrogens (tertiary/aromatic N) is 4. The summed E-state index contributed by atoms with van der Waals surface area (Å²) in [6.45, 7) is 4.17. The van der Waals surface area contributed by atoms with Crippen molar-refractivity contribution in [3.05, 3.63) is 29.8 Å². The second kappa shape index (κ2) is 4.30. The summed E-state index contributed by atoms with van der Waals surface area (Å²) in [5.41, 5.74) is 8.28. The minimum atomic E-state index is 0.560. The highest BCUT2D eigenvalue weighted by Crippen LogP contribution is 2.10. The second-order valence-electron chi connectivity index (χ2n) is 3.56. The molecule has 0 unspecified atom stereocenters. The summed E-state index contributed by atoms with van der Waals surface area (Å²) in [6.07, 6.45) is 5.00. The zero-order chi connectivity index (χ0) is 11.5. The summed E-state index contributed by atoms with van der Waals surface area (Å²) in [7, 11) is 0. The predicted molar refractivity (Wildman–Crippen MR) is 62.3 cm³/mol. The number of anilines is 1. The van der Waals surface area contributed by atoms with E-state index in [9.17, 15) is 0 Å². The van der Waals surface area contributed by atoms with Gasteiger partial charge in [0.25, 0.3) is 5.95 Å². The van der Waals surface area contributed by atoms with Crippen LogP contribution in [0.25, 0.3) is 5.95 Å². The van der Waals surface area contributed by atoms with E-state index in [0.717, 1.165) is 24.2 Å². The van der Waals surface area contributed by atoms with Crippen molar-refractivity contribution in [3.63, 3.8) is 0 Å². The van der Waals surface area contributed by atoms with Crippen molar-refractivity contribution in [2.75, 3.05) is 5.73 Å². The van der Waals surface area contributed by atoms with E-state index in [1.165, 1.54) is 0 Å². The lowest BCUT2D eigenvalue weighted by molar-refractivity contribution is 0.746. The molecular weight excluding hydrogens is 202 g/mol. The topological polar surface area (TPSA) is 69.6 Å². The molecule has 0 aliphatic heterocycles. The molecule has 0 atom stereocenters. The van der Waals surface area contributed by atoms with Gasteiger partial charge in [0, 0.05) is 5.69 Å². The maximum absolute atomic E-state index is 5.55. The Balaban J connectivity index is 2.45. The summed E-state index contributed by atoms with van der Waals surface area (Å²) in [6, 6.07) is 2.08. The zero-order valence-corrected chi connectivity index (χ0v) is 9.51. The lowest BCUT2D eigenvalue weighted by atomic mass is 10.3. The van der Waals surface area contributed by atoms with Crippen molar-refractivity contribution in [3.8, 4) is 5.95 Å². The Hall–Kier alpha value is -1.91. The molecule has 2 aromatic rings. The van der Waals surface area contributed by atoms with Gasteiger partial charge >= 0.3 is 0 Å². The number of hydrogen-bond donors (Lipinski definition) is 1. The maximum atomic E-state index is 5.55. The van der Waals surface area contributed by atoms with Crippen LogP contribution in [0.1, 0.15) is 25.2 Å². The summed E-state index contributed by atoms with van der Waals surface area (Å²) < 4.78 is 1.78. The van der Waals surface area contributed by atoms with Gasteiger partial charge in [0.15, 0.2) is 0 Å². The predicted octanol–water partition coefficient (Wildman–Crippen LogP) is 1.37. The van der Waals surface area contributed by atoms with Gasteiger partial charge in [0.05, 0.1) is 23.8 Å². The third-order valence-corrected chi connectivity index (χ3v) is 2.41. The number of aryl methyl sites for hydroxylation is 2. The summed E-state index contributed by atoms with van der Waals surface area (Å²) >= 11 is 0. The standard InChI is InChI=1S/C11H15N5/c1-3-9-5-10(4-2)16(15-9)11-13-6-8(12)7-14-11/h5-7H,3-4,12H2,1-2H3. The zero-order valence-electron chi connectivity index (χ0n) is 9.51. The van der Waals surface area contributed by atoms with Crippen LogP contribution >= 0.6 is 0 Å². The molecule has 2 rings (SSSR count). The Morgan fingerprint density at radius 1 is 1.19 bits per heavy atom. The first-order valence-corrected chi connectivity index (χ1v) is 5.40. The molecule has 0 spiro atoms. The number of hydrogen-bond acceptors (Lipinski definition) is 4. The van der Waals surface area contributed by atoms with E-state index in [1.54, 1.807) is 17.1 Å². The summed E-state index contributed by atoms with van der Waals surface area (Å²) in [4.78, 5) is 8.34. The van der Waals surface area contributed by atoms with Gasteiger partial charge in [-0.2, -0.15) is 5.10 Å². The molecule has 16 heavy (non-hydrogen) atoms. The van der Waals surface area contributed by atoms with E-state index in [4.69, 9.17) is 5.73 Å². The van der Waals surface area contributed by atoms with Gasteiger partial charge in [0.2, 0.25) is 0 Å². The Labute approximate surface area is 94.3 Å². The van der Waals surface area contributed by atoms with Crippen LogP contribution in [-0.4, -0.2) is 19.7 Å². The van der Waals surface area contributed by atoms with Crippen LogP contribution in [0.15, 0.2) is 18.5 Å². The molecule has 5 heteroatoms. The molecule has 5 nitrogen and oxygen atoms in total. The second-order valence-corrected chi connectivity index (χ2v) is 3.56. The molecule has 0 aliphatic rings. The number of nitrogens with two attached hydrogens (primary N) is 1. The fraction of sp³-hybridized carbons (Fsp3) is 0.364. The fourth-order valence-electron chi connectivity index (χ4n) is 1.51. The van der Waals surface area contributed by atoms with Gasteiger partial charge in [-0.05, 0) is 18.9 Å². The van der Waals surface area contributed by atoms with Crippen molar-refractivity contribution in [1.82, 2.24) is 19.7 Å². The van der Waals surface area contributed by atoms with Gasteiger partial charge in [-0.25, -0.2) is 14.6 Å². The average Bonchev–Trinajstić information content (AvgIpc) is 2.73. The first-order chi connectivity index (χ1) is 7.74. The highest BCUT2D eigenvalue weighted by Gasteiger charge is 2.08. The van der Waals surface area contributed by atoms with Gasteiger partial charge in [-0.1, -0.05) is 13.8 Å². The number of rotatable bonds is 3. The van der Waals surface area contributed by atoms with Crippen molar-refractivity contribution >= 4 is 5.69 Å². The molecule has 0 aliphatic carbocycles. The summed E-state index contributed by atoms with van der Waals surface area (Å²) in [5, 5.41) is 4.45. The molecular formula is C11H15N5. The van der Waals surface area contributed by atoms with E-state index in [-0.39, 0.29) is 0 Å². The normalized spacial score (nSPS) is 10.6. The molecule has 2 heterocycles. The smallest absolute Gasteiger partial charge is 0.250 e. The van der Waals surface area contributed by atoms with E-state index in [1.807, 2.05) is 0 Å². The average molecular weight is 217 g/mol. The quantitative estimate of drug-likeness (QED) is 0.843. The Bertz CT molecular complexity index is 472. The molecule has 2 aromatic heterocycles. The SMILES string of the molecule is CCc1cc(CC)n(-c2ncc(N)cn2)n1. The largest absolute Gasteiger partial charge is 0.396 e. The van der Waals surface area contributed by atoms with Crippen molar-refractivity contribution < 1.29 is 0 Å². The molecule has 0 bridgehead atoms. The molecule has 0 saturated carbocycles. The van der Waals surface area contributed by atoms with Crippen LogP contribution in [0.4, 0.5) is 5.69 Å². The Kier molecular flexibility index (Phi) is 2.85. The van der Waals surface area contributed by atoms with E-state index < -0.39 is 0 Å². The fourth-order valence-corrected chi connectivity index (χ4v) is 1.51. The van der Waals surface area contributed by atoms with E-state index in [0.29, 0.717) is 11.6 Å². The lowest BCUT2D eigenvalue weighted by Crippen LogP contribution is -2.06. The highest BCUT2D eigenvalue weighted by atomic mass is 15.4. The lowest BCUT2D eigenvalue weighted by Gasteiger charge is -2.03. The Morgan fingerprint density at radius 3 is 2.44 bits per heavy atom. The van der Waals surface area contributed by atoms with E-state index >= 15 is 0 Å². The van der Waals surface area contributed by atoms with Gasteiger partial charge in [0.1, 0.15) is 0 Å². The molecule has 0 fully saturated rings.